The Hall–Kier alpha value is -1.71. The molecule has 0 saturated carbocycles. The van der Waals surface area contributed by atoms with Crippen LogP contribution in [0.3, 0.4) is 0 Å². The molecule has 1 aliphatic heterocycles. The Morgan fingerprint density at radius 3 is 3.06 bits per heavy atom. The number of ether oxygens (including phenoxy) is 1. The van der Waals surface area contributed by atoms with Gasteiger partial charge in [0.1, 0.15) is 12.4 Å². The molecule has 0 fully saturated rings. The highest BCUT2D eigenvalue weighted by molar-refractivity contribution is 5.95. The zero-order valence-corrected chi connectivity index (χ0v) is 11.1. The molecule has 18 heavy (non-hydrogen) atoms. The van der Waals surface area contributed by atoms with Crippen molar-refractivity contribution >= 4 is 11.9 Å². The lowest BCUT2D eigenvalue weighted by atomic mass is 10.1. The second-order valence-corrected chi connectivity index (χ2v) is 3.97. The standard InChI is InChI=1S/C14H19FN2O/c1-4-6-12(16-3)10-18-14-8-5-7-11(2)13(15)9-17-14/h4,6,8-9H,5,7,10H2,1-3H3/b6-4-,13-11-,14-8?,16-12?,17-9?. The quantitative estimate of drug-likeness (QED) is 0.702. The summed E-state index contributed by atoms with van der Waals surface area (Å²) in [6.45, 7) is 4.03. The average molecular weight is 250 g/mol. The molecular formula is C14H19FN2O. The summed E-state index contributed by atoms with van der Waals surface area (Å²) in [6, 6.07) is 0. The molecule has 1 aliphatic rings. The lowest BCUT2D eigenvalue weighted by Crippen LogP contribution is -2.06. The van der Waals surface area contributed by atoms with Gasteiger partial charge in [-0.25, -0.2) is 9.38 Å². The van der Waals surface area contributed by atoms with Crippen LogP contribution in [0.4, 0.5) is 4.39 Å². The van der Waals surface area contributed by atoms with Crippen molar-refractivity contribution in [2.45, 2.75) is 26.7 Å². The Bertz CT molecular complexity index is 431. The molecule has 1 heterocycles. The number of halogens is 1. The van der Waals surface area contributed by atoms with Crippen LogP contribution < -0.4 is 0 Å². The molecule has 0 bridgehead atoms. The molecular weight excluding hydrogens is 231 g/mol. The first-order valence-corrected chi connectivity index (χ1v) is 5.98. The maximum Gasteiger partial charge on any atom is 0.209 e. The minimum atomic E-state index is -0.276. The topological polar surface area (TPSA) is 34.0 Å². The first kappa shape index (κ1) is 14.4. The van der Waals surface area contributed by atoms with Crippen LogP contribution in [0, 0.1) is 0 Å². The fourth-order valence-electron chi connectivity index (χ4n) is 1.44. The molecule has 1 rings (SSSR count). The van der Waals surface area contributed by atoms with Crippen LogP contribution in [0.25, 0.3) is 0 Å². The van der Waals surface area contributed by atoms with E-state index in [2.05, 4.69) is 9.98 Å². The highest BCUT2D eigenvalue weighted by atomic mass is 19.1. The molecule has 0 radical (unpaired) electrons. The number of aliphatic imine (C=N–C) groups is 2. The van der Waals surface area contributed by atoms with Gasteiger partial charge in [0.2, 0.25) is 5.88 Å². The summed E-state index contributed by atoms with van der Waals surface area (Å²) in [7, 11) is 1.71. The first-order chi connectivity index (χ1) is 8.67. The van der Waals surface area contributed by atoms with Gasteiger partial charge in [0.25, 0.3) is 0 Å². The minimum Gasteiger partial charge on any atom is -0.471 e. The van der Waals surface area contributed by atoms with Gasteiger partial charge in [-0.1, -0.05) is 6.08 Å². The minimum absolute atomic E-state index is 0.276. The smallest absolute Gasteiger partial charge is 0.209 e. The van der Waals surface area contributed by atoms with Gasteiger partial charge in [0, 0.05) is 7.05 Å². The van der Waals surface area contributed by atoms with Crippen LogP contribution in [0.15, 0.2) is 45.5 Å². The summed E-state index contributed by atoms with van der Waals surface area (Å²) in [6.07, 6.45) is 8.27. The largest absolute Gasteiger partial charge is 0.471 e. The number of hydrogen-bond donors (Lipinski definition) is 0. The predicted molar refractivity (Wildman–Crippen MR) is 73.7 cm³/mol. The third-order valence-electron chi connectivity index (χ3n) is 2.57. The highest BCUT2D eigenvalue weighted by Crippen LogP contribution is 2.16. The van der Waals surface area contributed by atoms with Gasteiger partial charge >= 0.3 is 0 Å². The van der Waals surface area contributed by atoms with E-state index in [9.17, 15) is 4.39 Å². The van der Waals surface area contributed by atoms with Crippen molar-refractivity contribution in [3.8, 4) is 0 Å². The van der Waals surface area contributed by atoms with E-state index < -0.39 is 0 Å². The zero-order valence-electron chi connectivity index (χ0n) is 11.1. The predicted octanol–water partition coefficient (Wildman–Crippen LogP) is 3.60. The number of rotatable bonds is 4. The Balaban J connectivity index is 2.63. The molecule has 0 amide bonds. The third-order valence-corrected chi connectivity index (χ3v) is 2.57. The van der Waals surface area contributed by atoms with Gasteiger partial charge in [-0.3, -0.25) is 4.99 Å². The molecule has 0 aromatic rings. The third kappa shape index (κ3) is 4.65. The summed E-state index contributed by atoms with van der Waals surface area (Å²) < 4.78 is 18.9. The van der Waals surface area contributed by atoms with Crippen molar-refractivity contribution in [2.24, 2.45) is 9.98 Å². The molecule has 3 nitrogen and oxygen atoms in total. The lowest BCUT2D eigenvalue weighted by molar-refractivity contribution is 0.255. The van der Waals surface area contributed by atoms with Gasteiger partial charge in [-0.05, 0) is 44.4 Å². The Labute approximate surface area is 107 Å². The van der Waals surface area contributed by atoms with Crippen LogP contribution in [-0.2, 0) is 4.74 Å². The number of nitrogens with zero attached hydrogens (tertiary/aromatic N) is 2. The fraction of sp³-hybridized carbons (Fsp3) is 0.429. The van der Waals surface area contributed by atoms with Gasteiger partial charge in [-0.15, -0.1) is 0 Å². The van der Waals surface area contributed by atoms with Crippen LogP contribution in [0.2, 0.25) is 0 Å². The van der Waals surface area contributed by atoms with Crippen LogP contribution in [0.1, 0.15) is 26.7 Å². The van der Waals surface area contributed by atoms with Gasteiger partial charge < -0.3 is 4.74 Å². The second kappa shape index (κ2) is 7.58. The van der Waals surface area contributed by atoms with E-state index in [1.807, 2.05) is 25.2 Å². The summed E-state index contributed by atoms with van der Waals surface area (Å²) in [5, 5.41) is 0. The van der Waals surface area contributed by atoms with Crippen LogP contribution >= 0.6 is 0 Å². The maximum absolute atomic E-state index is 13.4. The van der Waals surface area contributed by atoms with Gasteiger partial charge in [-0.2, -0.15) is 0 Å². The highest BCUT2D eigenvalue weighted by Gasteiger charge is 2.05. The van der Waals surface area contributed by atoms with E-state index in [0.717, 1.165) is 17.7 Å². The monoisotopic (exact) mass is 250 g/mol. The molecule has 0 aromatic carbocycles. The van der Waals surface area contributed by atoms with Crippen molar-refractivity contribution in [1.82, 2.24) is 0 Å². The lowest BCUT2D eigenvalue weighted by Gasteiger charge is -2.08. The molecule has 0 saturated heterocycles. The van der Waals surface area contributed by atoms with Crippen molar-refractivity contribution in [3.05, 3.63) is 35.5 Å². The van der Waals surface area contributed by atoms with Crippen molar-refractivity contribution in [2.75, 3.05) is 13.7 Å². The Kier molecular flexibility index (Phi) is 6.05. The van der Waals surface area contributed by atoms with E-state index in [-0.39, 0.29) is 5.83 Å². The molecule has 0 N–H and O–H groups in total. The average Bonchev–Trinajstić information content (AvgIpc) is 2.37. The Morgan fingerprint density at radius 2 is 2.39 bits per heavy atom. The van der Waals surface area contributed by atoms with Crippen molar-refractivity contribution < 1.29 is 9.13 Å². The molecule has 0 unspecified atom stereocenters. The van der Waals surface area contributed by atoms with E-state index >= 15 is 0 Å². The first-order valence-electron chi connectivity index (χ1n) is 5.98. The van der Waals surface area contributed by atoms with E-state index in [1.54, 1.807) is 14.0 Å². The van der Waals surface area contributed by atoms with E-state index in [4.69, 9.17) is 4.74 Å². The molecule has 0 spiro atoms. The summed E-state index contributed by atoms with van der Waals surface area (Å²) in [5.74, 6) is 0.172. The summed E-state index contributed by atoms with van der Waals surface area (Å²) >= 11 is 0. The van der Waals surface area contributed by atoms with Crippen molar-refractivity contribution in [1.29, 1.82) is 0 Å². The van der Waals surface area contributed by atoms with Crippen molar-refractivity contribution in [3.63, 3.8) is 0 Å². The fourth-order valence-corrected chi connectivity index (χ4v) is 1.44. The van der Waals surface area contributed by atoms with Crippen LogP contribution in [-0.4, -0.2) is 25.6 Å². The van der Waals surface area contributed by atoms with E-state index in [1.165, 1.54) is 6.21 Å². The molecule has 0 aromatic heterocycles. The van der Waals surface area contributed by atoms with Crippen LogP contribution in [0.5, 0.6) is 0 Å². The summed E-state index contributed by atoms with van der Waals surface area (Å²) in [4.78, 5) is 8.06. The number of allylic oxidation sites excluding steroid dienone is 4. The maximum atomic E-state index is 13.4. The van der Waals surface area contributed by atoms with E-state index in [0.29, 0.717) is 18.9 Å². The molecule has 98 valence electrons. The SMILES string of the molecule is C/C=C\C(COC1=CCC/C(C)=C(\F)C=N1)=NC. The Morgan fingerprint density at radius 1 is 1.61 bits per heavy atom. The number of hydrogen-bond acceptors (Lipinski definition) is 3. The summed E-state index contributed by atoms with van der Waals surface area (Å²) in [5.41, 5.74) is 1.54. The second-order valence-electron chi connectivity index (χ2n) is 3.97. The molecule has 4 heteroatoms. The van der Waals surface area contributed by atoms with Gasteiger partial charge in [0.05, 0.1) is 11.9 Å². The molecule has 0 atom stereocenters. The normalized spacial score (nSPS) is 21.8. The molecule has 0 aliphatic carbocycles. The zero-order chi connectivity index (χ0) is 13.4. The van der Waals surface area contributed by atoms with Gasteiger partial charge in [0.15, 0.2) is 0 Å².